The molecule has 102 valence electrons. The SMILES string of the molecule is CC(C)NCc1nnc(Nc2c(Cl)cccc2Cl)o1. The van der Waals surface area contributed by atoms with Gasteiger partial charge in [0, 0.05) is 6.04 Å². The minimum Gasteiger partial charge on any atom is -0.406 e. The summed E-state index contributed by atoms with van der Waals surface area (Å²) in [4.78, 5) is 0. The number of aromatic nitrogens is 2. The van der Waals surface area contributed by atoms with Crippen LogP contribution in [0.4, 0.5) is 11.7 Å². The number of anilines is 2. The maximum atomic E-state index is 6.04. The van der Waals surface area contributed by atoms with Crippen LogP contribution in [0.15, 0.2) is 22.6 Å². The highest BCUT2D eigenvalue weighted by Gasteiger charge is 2.10. The molecule has 2 N–H and O–H groups in total. The summed E-state index contributed by atoms with van der Waals surface area (Å²) in [6.07, 6.45) is 0. The fourth-order valence-corrected chi connectivity index (χ4v) is 1.88. The van der Waals surface area contributed by atoms with E-state index in [-0.39, 0.29) is 6.01 Å². The first-order valence-electron chi connectivity index (χ1n) is 5.83. The molecule has 0 radical (unpaired) electrons. The highest BCUT2D eigenvalue weighted by molar-refractivity contribution is 6.39. The second-order valence-electron chi connectivity index (χ2n) is 4.26. The van der Waals surface area contributed by atoms with Crippen molar-refractivity contribution in [3.63, 3.8) is 0 Å². The van der Waals surface area contributed by atoms with Crippen LogP contribution in [0.25, 0.3) is 0 Å². The molecule has 19 heavy (non-hydrogen) atoms. The standard InChI is InChI=1S/C12H14Cl2N4O/c1-7(2)15-6-10-17-18-12(19-10)16-11-8(13)4-3-5-9(11)14/h3-5,7,15H,6H2,1-2H3,(H,16,18). The summed E-state index contributed by atoms with van der Waals surface area (Å²) in [5.74, 6) is 0.499. The van der Waals surface area contributed by atoms with Crippen LogP contribution in [0.1, 0.15) is 19.7 Å². The lowest BCUT2D eigenvalue weighted by Gasteiger charge is -2.06. The Kier molecular flexibility index (Phi) is 4.63. The van der Waals surface area contributed by atoms with Gasteiger partial charge in [-0.15, -0.1) is 5.10 Å². The van der Waals surface area contributed by atoms with Crippen LogP contribution in [0.2, 0.25) is 10.0 Å². The van der Waals surface area contributed by atoms with Crippen molar-refractivity contribution in [1.82, 2.24) is 15.5 Å². The lowest BCUT2D eigenvalue weighted by Crippen LogP contribution is -2.21. The summed E-state index contributed by atoms with van der Waals surface area (Å²) in [6.45, 7) is 4.60. The summed E-state index contributed by atoms with van der Waals surface area (Å²) in [5, 5.41) is 14.9. The van der Waals surface area contributed by atoms with Crippen LogP contribution in [0.3, 0.4) is 0 Å². The van der Waals surface area contributed by atoms with Crippen molar-refractivity contribution in [3.8, 4) is 0 Å². The van der Waals surface area contributed by atoms with Crippen LogP contribution in [-0.2, 0) is 6.54 Å². The molecule has 0 amide bonds. The van der Waals surface area contributed by atoms with Crippen LogP contribution >= 0.6 is 23.2 Å². The number of benzene rings is 1. The van der Waals surface area contributed by atoms with Crippen molar-refractivity contribution in [3.05, 3.63) is 34.1 Å². The Bertz CT molecular complexity index is 536. The molecule has 7 heteroatoms. The summed E-state index contributed by atoms with van der Waals surface area (Å²) < 4.78 is 5.43. The Morgan fingerprint density at radius 1 is 1.21 bits per heavy atom. The number of para-hydroxylation sites is 1. The summed E-state index contributed by atoms with van der Waals surface area (Å²) >= 11 is 12.1. The molecule has 2 aromatic rings. The van der Waals surface area contributed by atoms with Crippen molar-refractivity contribution < 1.29 is 4.42 Å². The number of nitrogens with zero attached hydrogens (tertiary/aromatic N) is 2. The molecule has 0 aliphatic rings. The highest BCUT2D eigenvalue weighted by atomic mass is 35.5. The summed E-state index contributed by atoms with van der Waals surface area (Å²) in [7, 11) is 0. The summed E-state index contributed by atoms with van der Waals surface area (Å²) in [6, 6.07) is 5.83. The van der Waals surface area contributed by atoms with Crippen LogP contribution in [-0.4, -0.2) is 16.2 Å². The average molecular weight is 301 g/mol. The number of hydrogen-bond donors (Lipinski definition) is 2. The van der Waals surface area contributed by atoms with E-state index in [9.17, 15) is 0 Å². The van der Waals surface area contributed by atoms with Crippen molar-refractivity contribution in [1.29, 1.82) is 0 Å². The molecule has 2 rings (SSSR count). The molecule has 0 bridgehead atoms. The fraction of sp³-hybridized carbons (Fsp3) is 0.333. The zero-order valence-corrected chi connectivity index (χ0v) is 12.1. The first-order chi connectivity index (χ1) is 9.06. The zero-order valence-electron chi connectivity index (χ0n) is 10.6. The van der Waals surface area contributed by atoms with E-state index in [2.05, 4.69) is 20.8 Å². The Morgan fingerprint density at radius 3 is 2.53 bits per heavy atom. The lowest BCUT2D eigenvalue weighted by atomic mass is 10.3. The van der Waals surface area contributed by atoms with Gasteiger partial charge in [-0.3, -0.25) is 0 Å². The maximum absolute atomic E-state index is 6.04. The Balaban J connectivity index is 2.07. The normalized spacial score (nSPS) is 11.0. The topological polar surface area (TPSA) is 63.0 Å². The first kappa shape index (κ1) is 14.1. The van der Waals surface area contributed by atoms with Gasteiger partial charge in [-0.2, -0.15) is 0 Å². The minimum atomic E-state index is 0.260. The second kappa shape index (κ2) is 6.23. The van der Waals surface area contributed by atoms with E-state index in [1.807, 2.05) is 13.8 Å². The van der Waals surface area contributed by atoms with Gasteiger partial charge >= 0.3 is 6.01 Å². The molecular formula is C12H14Cl2N4O. The molecule has 0 aliphatic heterocycles. The Hall–Kier alpha value is -1.30. The number of rotatable bonds is 5. The molecule has 0 unspecified atom stereocenters. The van der Waals surface area contributed by atoms with Gasteiger partial charge in [-0.05, 0) is 12.1 Å². The van der Waals surface area contributed by atoms with Crippen LogP contribution < -0.4 is 10.6 Å². The van der Waals surface area contributed by atoms with Crippen molar-refractivity contribution >= 4 is 34.9 Å². The van der Waals surface area contributed by atoms with Gasteiger partial charge < -0.3 is 15.1 Å². The number of nitrogens with one attached hydrogen (secondary N) is 2. The van der Waals surface area contributed by atoms with E-state index in [1.54, 1.807) is 18.2 Å². The van der Waals surface area contributed by atoms with Gasteiger partial charge in [0.25, 0.3) is 0 Å². The fourth-order valence-electron chi connectivity index (χ4n) is 1.39. The molecule has 1 aromatic carbocycles. The van der Waals surface area contributed by atoms with Gasteiger partial charge in [0.05, 0.1) is 22.3 Å². The lowest BCUT2D eigenvalue weighted by molar-refractivity contribution is 0.460. The molecule has 0 fully saturated rings. The Labute approximate surface area is 121 Å². The van der Waals surface area contributed by atoms with E-state index in [0.29, 0.717) is 34.2 Å². The number of hydrogen-bond acceptors (Lipinski definition) is 5. The van der Waals surface area contributed by atoms with Gasteiger partial charge in [0.15, 0.2) is 0 Å². The molecule has 0 atom stereocenters. The molecule has 1 aromatic heterocycles. The smallest absolute Gasteiger partial charge is 0.320 e. The third kappa shape index (κ3) is 3.83. The predicted molar refractivity (Wildman–Crippen MR) is 76.0 cm³/mol. The zero-order chi connectivity index (χ0) is 13.8. The van der Waals surface area contributed by atoms with E-state index in [1.165, 1.54) is 0 Å². The highest BCUT2D eigenvalue weighted by Crippen LogP contribution is 2.31. The van der Waals surface area contributed by atoms with Gasteiger partial charge in [0.1, 0.15) is 0 Å². The molecule has 0 saturated carbocycles. The number of halogens is 2. The Morgan fingerprint density at radius 2 is 1.89 bits per heavy atom. The van der Waals surface area contributed by atoms with E-state index >= 15 is 0 Å². The van der Waals surface area contributed by atoms with Crippen molar-refractivity contribution in [2.45, 2.75) is 26.4 Å². The average Bonchev–Trinajstić information content (AvgIpc) is 2.79. The van der Waals surface area contributed by atoms with E-state index in [4.69, 9.17) is 27.6 Å². The quantitative estimate of drug-likeness (QED) is 0.883. The van der Waals surface area contributed by atoms with Crippen LogP contribution in [0.5, 0.6) is 0 Å². The predicted octanol–water partition coefficient (Wildman–Crippen LogP) is 3.62. The van der Waals surface area contributed by atoms with Gasteiger partial charge in [0.2, 0.25) is 5.89 Å². The van der Waals surface area contributed by atoms with Crippen molar-refractivity contribution in [2.75, 3.05) is 5.32 Å². The van der Waals surface area contributed by atoms with Crippen LogP contribution in [0, 0.1) is 0 Å². The van der Waals surface area contributed by atoms with Gasteiger partial charge in [-0.25, -0.2) is 0 Å². The minimum absolute atomic E-state index is 0.260. The molecule has 0 saturated heterocycles. The molecule has 1 heterocycles. The van der Waals surface area contributed by atoms with E-state index in [0.717, 1.165) is 0 Å². The maximum Gasteiger partial charge on any atom is 0.320 e. The second-order valence-corrected chi connectivity index (χ2v) is 5.07. The van der Waals surface area contributed by atoms with Crippen molar-refractivity contribution in [2.24, 2.45) is 0 Å². The monoisotopic (exact) mass is 300 g/mol. The third-order valence-electron chi connectivity index (χ3n) is 2.32. The molecule has 0 spiro atoms. The third-order valence-corrected chi connectivity index (χ3v) is 2.95. The molecule has 0 aliphatic carbocycles. The molecular weight excluding hydrogens is 287 g/mol. The van der Waals surface area contributed by atoms with Gasteiger partial charge in [-0.1, -0.05) is 48.2 Å². The van der Waals surface area contributed by atoms with E-state index < -0.39 is 0 Å². The molecule has 5 nitrogen and oxygen atoms in total. The first-order valence-corrected chi connectivity index (χ1v) is 6.58. The largest absolute Gasteiger partial charge is 0.406 e. The summed E-state index contributed by atoms with van der Waals surface area (Å²) in [5.41, 5.74) is 0.554.